The highest BCUT2D eigenvalue weighted by Gasteiger charge is 2.27. The van der Waals surface area contributed by atoms with E-state index >= 15 is 0 Å². The van der Waals surface area contributed by atoms with Gasteiger partial charge in [-0.05, 0) is 24.9 Å². The Balaban J connectivity index is 1.50. The molecule has 0 radical (unpaired) electrons. The summed E-state index contributed by atoms with van der Waals surface area (Å²) in [6.45, 7) is 2.89. The molecule has 0 N–H and O–H groups in total. The molecule has 1 aromatic carbocycles. The first-order valence-electron chi connectivity index (χ1n) is 8.56. The molecule has 2 aromatic heterocycles. The van der Waals surface area contributed by atoms with E-state index in [0.29, 0.717) is 6.04 Å². The summed E-state index contributed by atoms with van der Waals surface area (Å²) in [6, 6.07) is 11.0. The molecule has 24 heavy (non-hydrogen) atoms. The molecule has 0 saturated carbocycles. The van der Waals surface area contributed by atoms with Crippen molar-refractivity contribution < 1.29 is 0 Å². The molecule has 3 aromatic rings. The second kappa shape index (κ2) is 6.61. The Kier molecular flexibility index (Phi) is 4.17. The number of benzene rings is 1. The Hall–Kier alpha value is -2.40. The van der Waals surface area contributed by atoms with Crippen LogP contribution in [-0.2, 0) is 20.1 Å². The zero-order chi connectivity index (χ0) is 16.4. The van der Waals surface area contributed by atoms with Crippen molar-refractivity contribution >= 4 is 0 Å². The lowest BCUT2D eigenvalue weighted by Gasteiger charge is -2.23. The highest BCUT2D eigenvalue weighted by Crippen LogP contribution is 2.32. The predicted molar refractivity (Wildman–Crippen MR) is 93.4 cm³/mol. The fourth-order valence-electron chi connectivity index (χ4n) is 3.60. The topological polar surface area (TPSA) is 38.9 Å². The zero-order valence-electron chi connectivity index (χ0n) is 14.0. The summed E-state index contributed by atoms with van der Waals surface area (Å²) >= 11 is 0. The molecule has 5 heteroatoms. The summed E-state index contributed by atoms with van der Waals surface area (Å²) in [6.07, 6.45) is 10.6. The van der Waals surface area contributed by atoms with Gasteiger partial charge >= 0.3 is 0 Å². The molecule has 5 nitrogen and oxygen atoms in total. The van der Waals surface area contributed by atoms with Gasteiger partial charge in [-0.3, -0.25) is 9.58 Å². The smallest absolute Gasteiger partial charge is 0.123 e. The minimum absolute atomic E-state index is 0.459. The standard InChI is InChI=1S/C19H23N5/c1-22-14-17(12-21-22)18-8-5-10-23(18)15-19-20-9-11-24(19)13-16-6-3-2-4-7-16/h2-4,6-7,9,11-12,14,18H,5,8,10,13,15H2,1H3. The van der Waals surface area contributed by atoms with Crippen molar-refractivity contribution in [2.24, 2.45) is 7.05 Å². The van der Waals surface area contributed by atoms with E-state index in [4.69, 9.17) is 0 Å². The average molecular weight is 321 g/mol. The van der Waals surface area contributed by atoms with Gasteiger partial charge in [0.1, 0.15) is 5.82 Å². The molecule has 124 valence electrons. The SMILES string of the molecule is Cn1cc(C2CCCN2Cc2nccn2Cc2ccccc2)cn1. The third-order valence-corrected chi connectivity index (χ3v) is 4.82. The first-order chi connectivity index (χ1) is 11.8. The van der Waals surface area contributed by atoms with Gasteiger partial charge in [-0.15, -0.1) is 0 Å². The highest BCUT2D eigenvalue weighted by atomic mass is 15.3. The van der Waals surface area contributed by atoms with E-state index < -0.39 is 0 Å². The molecule has 1 saturated heterocycles. The molecule has 0 spiro atoms. The first-order valence-corrected chi connectivity index (χ1v) is 8.56. The Morgan fingerprint density at radius 1 is 1.17 bits per heavy atom. The van der Waals surface area contributed by atoms with Crippen LogP contribution in [0.15, 0.2) is 55.1 Å². The number of nitrogens with zero attached hydrogens (tertiary/aromatic N) is 5. The van der Waals surface area contributed by atoms with E-state index in [9.17, 15) is 0 Å². The van der Waals surface area contributed by atoms with E-state index in [0.717, 1.165) is 25.5 Å². The van der Waals surface area contributed by atoms with Crippen LogP contribution in [0, 0.1) is 0 Å². The van der Waals surface area contributed by atoms with E-state index in [1.807, 2.05) is 24.1 Å². The zero-order valence-corrected chi connectivity index (χ0v) is 14.0. The van der Waals surface area contributed by atoms with Gasteiger partial charge in [0.05, 0.1) is 12.7 Å². The van der Waals surface area contributed by atoms with Gasteiger partial charge in [0.2, 0.25) is 0 Å². The Morgan fingerprint density at radius 3 is 2.83 bits per heavy atom. The van der Waals surface area contributed by atoms with Gasteiger partial charge in [0.25, 0.3) is 0 Å². The van der Waals surface area contributed by atoms with Gasteiger partial charge in [-0.25, -0.2) is 4.98 Å². The summed E-state index contributed by atoms with van der Waals surface area (Å²) < 4.78 is 4.15. The first kappa shape index (κ1) is 15.1. The number of likely N-dealkylation sites (tertiary alicyclic amines) is 1. The van der Waals surface area contributed by atoms with Crippen molar-refractivity contribution in [3.63, 3.8) is 0 Å². The molecule has 4 rings (SSSR count). The molecular formula is C19H23N5. The van der Waals surface area contributed by atoms with Crippen LogP contribution < -0.4 is 0 Å². The quantitative estimate of drug-likeness (QED) is 0.725. The van der Waals surface area contributed by atoms with Crippen LogP contribution >= 0.6 is 0 Å². The number of hydrogen-bond donors (Lipinski definition) is 0. The molecule has 1 atom stereocenters. The van der Waals surface area contributed by atoms with Gasteiger partial charge in [-0.1, -0.05) is 30.3 Å². The fourth-order valence-corrected chi connectivity index (χ4v) is 3.60. The van der Waals surface area contributed by atoms with Crippen molar-refractivity contribution in [2.45, 2.75) is 32.0 Å². The van der Waals surface area contributed by atoms with Crippen molar-refractivity contribution in [1.29, 1.82) is 0 Å². The largest absolute Gasteiger partial charge is 0.329 e. The van der Waals surface area contributed by atoms with Crippen molar-refractivity contribution in [2.75, 3.05) is 6.54 Å². The summed E-state index contributed by atoms with van der Waals surface area (Å²) in [5.41, 5.74) is 2.62. The lowest BCUT2D eigenvalue weighted by atomic mass is 10.1. The van der Waals surface area contributed by atoms with Crippen molar-refractivity contribution in [3.8, 4) is 0 Å². The monoisotopic (exact) mass is 321 g/mol. The predicted octanol–water partition coefficient (Wildman–Crippen LogP) is 3.00. The van der Waals surface area contributed by atoms with E-state index in [-0.39, 0.29) is 0 Å². The number of hydrogen-bond acceptors (Lipinski definition) is 3. The molecule has 1 unspecified atom stereocenters. The van der Waals surface area contributed by atoms with E-state index in [1.165, 1.54) is 24.0 Å². The average Bonchev–Trinajstić information content (AvgIpc) is 3.31. The van der Waals surface area contributed by atoms with E-state index in [1.54, 1.807) is 0 Å². The molecule has 1 aliphatic rings. The molecule has 1 fully saturated rings. The lowest BCUT2D eigenvalue weighted by Crippen LogP contribution is -2.24. The Bertz CT molecular complexity index is 789. The second-order valence-electron chi connectivity index (χ2n) is 6.53. The van der Waals surface area contributed by atoms with Gasteiger partial charge in [0.15, 0.2) is 0 Å². The number of rotatable bonds is 5. The van der Waals surface area contributed by atoms with Crippen LogP contribution in [0.2, 0.25) is 0 Å². The van der Waals surface area contributed by atoms with E-state index in [2.05, 4.69) is 62.3 Å². The minimum Gasteiger partial charge on any atom is -0.329 e. The number of aryl methyl sites for hydroxylation is 1. The summed E-state index contributed by atoms with van der Waals surface area (Å²) in [5, 5.41) is 4.34. The summed E-state index contributed by atoms with van der Waals surface area (Å²) in [4.78, 5) is 7.14. The summed E-state index contributed by atoms with van der Waals surface area (Å²) in [5.74, 6) is 1.13. The van der Waals surface area contributed by atoms with Crippen molar-refractivity contribution in [3.05, 3.63) is 72.1 Å². The molecule has 3 heterocycles. The Labute approximate surface area is 142 Å². The molecule has 1 aliphatic heterocycles. The van der Waals surface area contributed by atoms with Gasteiger partial charge < -0.3 is 4.57 Å². The molecule has 0 amide bonds. The van der Waals surface area contributed by atoms with Crippen LogP contribution in [0.4, 0.5) is 0 Å². The molecular weight excluding hydrogens is 298 g/mol. The van der Waals surface area contributed by atoms with Crippen LogP contribution in [0.1, 0.15) is 35.8 Å². The fraction of sp³-hybridized carbons (Fsp3) is 0.368. The normalized spacial score (nSPS) is 18.3. The maximum Gasteiger partial charge on any atom is 0.123 e. The van der Waals surface area contributed by atoms with Crippen LogP contribution in [0.25, 0.3) is 0 Å². The maximum absolute atomic E-state index is 4.61. The molecule has 0 bridgehead atoms. The maximum atomic E-state index is 4.61. The molecule has 0 aliphatic carbocycles. The number of aromatic nitrogens is 4. The number of imidazole rings is 1. The van der Waals surface area contributed by atoms with Gasteiger partial charge in [0, 0.05) is 43.8 Å². The van der Waals surface area contributed by atoms with Crippen LogP contribution in [0.3, 0.4) is 0 Å². The lowest BCUT2D eigenvalue weighted by molar-refractivity contribution is 0.239. The van der Waals surface area contributed by atoms with Crippen LogP contribution in [0.5, 0.6) is 0 Å². The summed E-state index contributed by atoms with van der Waals surface area (Å²) in [7, 11) is 1.98. The van der Waals surface area contributed by atoms with Gasteiger partial charge in [-0.2, -0.15) is 5.10 Å². The highest BCUT2D eigenvalue weighted by molar-refractivity contribution is 5.16. The Morgan fingerprint density at radius 2 is 2.04 bits per heavy atom. The van der Waals surface area contributed by atoms with Crippen LogP contribution in [-0.4, -0.2) is 30.8 Å². The third-order valence-electron chi connectivity index (χ3n) is 4.82. The third kappa shape index (κ3) is 3.12. The van der Waals surface area contributed by atoms with Crippen molar-refractivity contribution in [1.82, 2.24) is 24.2 Å². The second-order valence-corrected chi connectivity index (χ2v) is 6.53. The minimum atomic E-state index is 0.459.